The Balaban J connectivity index is 1.54. The van der Waals surface area contributed by atoms with Crippen molar-refractivity contribution in [1.82, 2.24) is 4.98 Å². The highest BCUT2D eigenvalue weighted by Gasteiger charge is 2.39. The van der Waals surface area contributed by atoms with E-state index in [9.17, 15) is 14.4 Å². The van der Waals surface area contributed by atoms with E-state index >= 15 is 0 Å². The van der Waals surface area contributed by atoms with Crippen LogP contribution in [0.2, 0.25) is 0 Å². The van der Waals surface area contributed by atoms with Crippen LogP contribution in [0.25, 0.3) is 6.08 Å². The van der Waals surface area contributed by atoms with Crippen LogP contribution >= 0.6 is 0 Å². The molecule has 2 aliphatic rings. The molecule has 3 aromatic rings. The van der Waals surface area contributed by atoms with Gasteiger partial charge in [-0.3, -0.25) is 9.59 Å². The maximum Gasteiger partial charge on any atom is 0.337 e. The number of allylic oxidation sites excluding steroid dienone is 1. The van der Waals surface area contributed by atoms with Gasteiger partial charge in [-0.15, -0.1) is 0 Å². The highest BCUT2D eigenvalue weighted by atomic mass is 16.5. The van der Waals surface area contributed by atoms with E-state index in [1.807, 2.05) is 6.07 Å². The van der Waals surface area contributed by atoms with Crippen molar-refractivity contribution in [2.75, 3.05) is 14.2 Å². The van der Waals surface area contributed by atoms with Gasteiger partial charge in [-0.05, 0) is 42.0 Å². The second-order valence-corrected chi connectivity index (χ2v) is 7.74. The molecule has 0 saturated heterocycles. The summed E-state index contributed by atoms with van der Waals surface area (Å²) in [5, 5.41) is 0. The minimum Gasteiger partial charge on any atom is -0.469 e. The number of ether oxygens (including phenoxy) is 4. The zero-order valence-electron chi connectivity index (χ0n) is 18.4. The van der Waals surface area contributed by atoms with Crippen LogP contribution in [0.1, 0.15) is 49.7 Å². The third-order valence-electron chi connectivity index (χ3n) is 5.80. The van der Waals surface area contributed by atoms with Gasteiger partial charge in [0.15, 0.2) is 5.76 Å². The maximum absolute atomic E-state index is 13.1. The number of hydrogen-bond acceptors (Lipinski definition) is 8. The number of aromatic nitrogens is 1. The Morgan fingerprint density at radius 1 is 1.03 bits per heavy atom. The summed E-state index contributed by atoms with van der Waals surface area (Å²) in [4.78, 5) is 41.3. The first-order chi connectivity index (χ1) is 16.5. The molecule has 1 aromatic heterocycles. The molecule has 0 fully saturated rings. The second-order valence-electron chi connectivity index (χ2n) is 7.74. The molecular weight excluding hydrogens is 438 g/mol. The fraction of sp³-hybridized carbons (Fsp3) is 0.154. The van der Waals surface area contributed by atoms with E-state index in [4.69, 9.17) is 18.9 Å². The van der Waals surface area contributed by atoms with Crippen LogP contribution in [-0.4, -0.2) is 36.9 Å². The first kappa shape index (κ1) is 21.4. The van der Waals surface area contributed by atoms with Gasteiger partial charge in [0.1, 0.15) is 11.5 Å². The minimum atomic E-state index is -0.457. The monoisotopic (exact) mass is 457 g/mol. The Labute approximate surface area is 194 Å². The highest BCUT2D eigenvalue weighted by molar-refractivity contribution is 6.15. The van der Waals surface area contributed by atoms with Crippen LogP contribution < -0.4 is 9.47 Å². The molecule has 2 aromatic carbocycles. The molecule has 2 aliphatic heterocycles. The molecule has 34 heavy (non-hydrogen) atoms. The normalized spacial score (nSPS) is 16.6. The Morgan fingerprint density at radius 3 is 2.56 bits per heavy atom. The SMILES string of the molecule is COC(=O)C[C@H]1c2cccnc2Oc2ccc3c(c21)O/C(=C\c1ccc(C(=O)OC)cc1)C3=O. The summed E-state index contributed by atoms with van der Waals surface area (Å²) in [6.07, 6.45) is 3.25. The average molecular weight is 457 g/mol. The highest BCUT2D eigenvalue weighted by Crippen LogP contribution is 2.52. The molecule has 0 saturated carbocycles. The first-order valence-corrected chi connectivity index (χ1v) is 10.5. The van der Waals surface area contributed by atoms with Gasteiger partial charge in [0.05, 0.1) is 31.8 Å². The topological polar surface area (TPSA) is 101 Å². The number of ketones is 1. The summed E-state index contributed by atoms with van der Waals surface area (Å²) >= 11 is 0. The van der Waals surface area contributed by atoms with E-state index in [0.29, 0.717) is 45.2 Å². The molecule has 0 N–H and O–H groups in total. The summed E-state index contributed by atoms with van der Waals surface area (Å²) < 4.78 is 21.6. The number of nitrogens with zero attached hydrogens (tertiary/aromatic N) is 1. The Bertz CT molecular complexity index is 1360. The van der Waals surface area contributed by atoms with Crippen molar-refractivity contribution in [2.45, 2.75) is 12.3 Å². The number of pyridine rings is 1. The zero-order valence-corrected chi connectivity index (χ0v) is 18.4. The average Bonchev–Trinajstić information content (AvgIpc) is 3.18. The molecule has 1 atom stereocenters. The maximum atomic E-state index is 13.1. The lowest BCUT2D eigenvalue weighted by Gasteiger charge is -2.27. The van der Waals surface area contributed by atoms with Gasteiger partial charge in [0, 0.05) is 23.2 Å². The lowest BCUT2D eigenvalue weighted by Crippen LogP contribution is -2.16. The number of methoxy groups -OCH3 is 2. The predicted octanol–water partition coefficient (Wildman–Crippen LogP) is 4.29. The van der Waals surface area contributed by atoms with E-state index in [0.717, 1.165) is 0 Å². The molecule has 0 unspecified atom stereocenters. The number of hydrogen-bond donors (Lipinski definition) is 0. The van der Waals surface area contributed by atoms with Crippen molar-refractivity contribution in [3.05, 3.63) is 88.3 Å². The molecule has 0 aliphatic carbocycles. The molecule has 3 heterocycles. The van der Waals surface area contributed by atoms with Crippen LogP contribution in [0, 0.1) is 0 Å². The third kappa shape index (κ3) is 3.59. The number of benzene rings is 2. The van der Waals surface area contributed by atoms with Gasteiger partial charge in [-0.2, -0.15) is 0 Å². The molecule has 8 nitrogen and oxygen atoms in total. The fourth-order valence-electron chi connectivity index (χ4n) is 4.13. The molecule has 5 rings (SSSR count). The van der Waals surface area contributed by atoms with Crippen molar-refractivity contribution in [1.29, 1.82) is 0 Å². The zero-order chi connectivity index (χ0) is 23.8. The number of carbonyl (C=O) groups excluding carboxylic acids is 3. The molecule has 170 valence electrons. The Morgan fingerprint density at radius 2 is 1.82 bits per heavy atom. The van der Waals surface area contributed by atoms with E-state index < -0.39 is 17.9 Å². The molecular formula is C26H19NO7. The largest absolute Gasteiger partial charge is 0.469 e. The van der Waals surface area contributed by atoms with E-state index in [-0.39, 0.29) is 18.0 Å². The Kier molecular flexibility index (Phi) is 5.33. The Hall–Kier alpha value is -4.46. The van der Waals surface area contributed by atoms with Gasteiger partial charge in [-0.25, -0.2) is 9.78 Å². The van der Waals surface area contributed by atoms with Crippen LogP contribution in [0.5, 0.6) is 17.4 Å². The van der Waals surface area contributed by atoms with E-state index in [2.05, 4.69) is 4.98 Å². The van der Waals surface area contributed by atoms with Crippen molar-refractivity contribution >= 4 is 23.8 Å². The smallest absolute Gasteiger partial charge is 0.337 e. The van der Waals surface area contributed by atoms with E-state index in [1.165, 1.54) is 14.2 Å². The first-order valence-electron chi connectivity index (χ1n) is 10.5. The minimum absolute atomic E-state index is 0.0353. The lowest BCUT2D eigenvalue weighted by atomic mass is 9.85. The number of esters is 2. The molecule has 0 amide bonds. The number of rotatable bonds is 4. The predicted molar refractivity (Wildman–Crippen MR) is 120 cm³/mol. The van der Waals surface area contributed by atoms with Crippen molar-refractivity contribution < 1.29 is 33.3 Å². The number of carbonyl (C=O) groups is 3. The van der Waals surface area contributed by atoms with Crippen LogP contribution in [0.3, 0.4) is 0 Å². The molecule has 0 radical (unpaired) electrons. The van der Waals surface area contributed by atoms with Gasteiger partial charge < -0.3 is 18.9 Å². The van der Waals surface area contributed by atoms with Crippen LogP contribution in [-0.2, 0) is 14.3 Å². The molecule has 8 heteroatoms. The summed E-state index contributed by atoms with van der Waals surface area (Å²) in [5.74, 6) is -0.254. The van der Waals surface area contributed by atoms with Crippen LogP contribution in [0.4, 0.5) is 0 Å². The lowest BCUT2D eigenvalue weighted by molar-refractivity contribution is -0.140. The summed E-state index contributed by atoms with van der Waals surface area (Å²) in [6, 6.07) is 13.5. The quantitative estimate of drug-likeness (QED) is 0.423. The standard InChI is InChI=1S/C26H19NO7/c1-31-21(28)13-18-16-4-3-11-27-25(16)34-19-10-9-17-23(29)20(33-24(17)22(18)19)12-14-5-7-15(8-6-14)26(30)32-2/h3-12,18H,13H2,1-2H3/b20-12-/t18-/m0/s1. The fourth-order valence-corrected chi connectivity index (χ4v) is 4.13. The van der Waals surface area contributed by atoms with Gasteiger partial charge in [0.25, 0.3) is 0 Å². The van der Waals surface area contributed by atoms with Crippen molar-refractivity contribution in [3.8, 4) is 17.4 Å². The van der Waals surface area contributed by atoms with Gasteiger partial charge in [-0.1, -0.05) is 18.2 Å². The second kappa shape index (κ2) is 8.47. The molecule has 0 bridgehead atoms. The number of fused-ring (bicyclic) bond motifs is 4. The molecule has 0 spiro atoms. The summed E-state index contributed by atoms with van der Waals surface area (Å²) in [6.45, 7) is 0. The van der Waals surface area contributed by atoms with Crippen LogP contribution in [0.15, 0.2) is 60.5 Å². The summed E-state index contributed by atoms with van der Waals surface area (Å²) in [5.41, 5.74) is 2.76. The third-order valence-corrected chi connectivity index (χ3v) is 5.80. The van der Waals surface area contributed by atoms with Gasteiger partial charge in [0.2, 0.25) is 11.7 Å². The van der Waals surface area contributed by atoms with Gasteiger partial charge >= 0.3 is 11.9 Å². The van der Waals surface area contributed by atoms with Crippen molar-refractivity contribution in [2.24, 2.45) is 0 Å². The van der Waals surface area contributed by atoms with E-state index in [1.54, 1.807) is 54.7 Å². The van der Waals surface area contributed by atoms with Crippen molar-refractivity contribution in [3.63, 3.8) is 0 Å². The summed E-state index contributed by atoms with van der Waals surface area (Å²) in [7, 11) is 2.64. The number of Topliss-reactive ketones (excluding diaryl/α,β-unsaturated/α-hetero) is 1.